The summed E-state index contributed by atoms with van der Waals surface area (Å²) in [5.41, 5.74) is 3.31. The summed E-state index contributed by atoms with van der Waals surface area (Å²) in [5, 5.41) is 4.37. The molecule has 0 bridgehead atoms. The van der Waals surface area contributed by atoms with Crippen molar-refractivity contribution >= 4 is 17.2 Å². The molecule has 0 aliphatic carbocycles. The number of amides is 1. The van der Waals surface area contributed by atoms with Crippen LogP contribution in [0.1, 0.15) is 46.2 Å². The van der Waals surface area contributed by atoms with E-state index in [1.165, 1.54) is 11.1 Å². The van der Waals surface area contributed by atoms with Crippen LogP contribution in [-0.2, 0) is 0 Å². The Kier molecular flexibility index (Phi) is 6.97. The van der Waals surface area contributed by atoms with E-state index >= 15 is 0 Å². The summed E-state index contributed by atoms with van der Waals surface area (Å²) in [5.74, 6) is 1.97. The number of ether oxygens (including phenoxy) is 1. The van der Waals surface area contributed by atoms with E-state index in [2.05, 4.69) is 21.7 Å². The molecule has 2 unspecified atom stereocenters. The van der Waals surface area contributed by atoms with Crippen molar-refractivity contribution in [3.63, 3.8) is 0 Å². The lowest BCUT2D eigenvalue weighted by atomic mass is 9.87. The first-order valence-electron chi connectivity index (χ1n) is 12.0. The van der Waals surface area contributed by atoms with E-state index in [-0.39, 0.29) is 11.7 Å². The Bertz CT molecular complexity index is 1080. The largest absolute Gasteiger partial charge is 0.497 e. The van der Waals surface area contributed by atoms with Crippen LogP contribution in [0.3, 0.4) is 0 Å². The molecule has 1 amide bonds. The predicted molar refractivity (Wildman–Crippen MR) is 134 cm³/mol. The van der Waals surface area contributed by atoms with Crippen molar-refractivity contribution in [1.82, 2.24) is 9.80 Å². The summed E-state index contributed by atoms with van der Waals surface area (Å²) in [6.07, 6.45) is 2.19. The number of carbonyl (C=O) groups is 1. The predicted octanol–water partition coefficient (Wildman–Crippen LogP) is 5.63. The fourth-order valence-corrected chi connectivity index (χ4v) is 6.24. The van der Waals surface area contributed by atoms with Crippen LogP contribution in [0, 0.1) is 11.7 Å². The first kappa shape index (κ1) is 23.1. The molecule has 178 valence electrons. The molecule has 2 saturated heterocycles. The minimum absolute atomic E-state index is 0.0976. The van der Waals surface area contributed by atoms with Crippen molar-refractivity contribution in [2.75, 3.05) is 39.8 Å². The van der Waals surface area contributed by atoms with Gasteiger partial charge < -0.3 is 14.5 Å². The molecule has 2 atom stereocenters. The molecule has 0 spiro atoms. The highest BCUT2D eigenvalue weighted by molar-refractivity contribution is 7.08. The van der Waals surface area contributed by atoms with Crippen molar-refractivity contribution in [1.29, 1.82) is 0 Å². The SMILES string of the molecule is COc1ccc(C(=O)N2CC(CN3CCC(c4ccc(F)cc4)CC3)C(c3ccsc3)C2)cc1. The summed E-state index contributed by atoms with van der Waals surface area (Å²) >= 11 is 1.73. The zero-order chi connectivity index (χ0) is 23.5. The highest BCUT2D eigenvalue weighted by Crippen LogP contribution is 2.36. The maximum absolute atomic E-state index is 13.3. The molecule has 2 aliphatic heterocycles. The minimum Gasteiger partial charge on any atom is -0.497 e. The van der Waals surface area contributed by atoms with E-state index in [0.717, 1.165) is 51.3 Å². The summed E-state index contributed by atoms with van der Waals surface area (Å²) < 4.78 is 18.5. The molecule has 2 fully saturated rings. The Morgan fingerprint density at radius 3 is 2.38 bits per heavy atom. The van der Waals surface area contributed by atoms with Gasteiger partial charge in [0.15, 0.2) is 0 Å². The monoisotopic (exact) mass is 478 g/mol. The molecule has 4 nitrogen and oxygen atoms in total. The van der Waals surface area contributed by atoms with Gasteiger partial charge in [-0.2, -0.15) is 11.3 Å². The Hall–Kier alpha value is -2.70. The highest BCUT2D eigenvalue weighted by Gasteiger charge is 2.38. The van der Waals surface area contributed by atoms with Gasteiger partial charge in [0.1, 0.15) is 11.6 Å². The first-order valence-corrected chi connectivity index (χ1v) is 13.0. The van der Waals surface area contributed by atoms with Crippen molar-refractivity contribution in [3.8, 4) is 5.75 Å². The molecule has 5 rings (SSSR count). The van der Waals surface area contributed by atoms with E-state index in [4.69, 9.17) is 4.74 Å². The number of carbonyl (C=O) groups excluding carboxylic acids is 1. The number of methoxy groups -OCH3 is 1. The number of hydrogen-bond acceptors (Lipinski definition) is 4. The zero-order valence-electron chi connectivity index (χ0n) is 19.5. The van der Waals surface area contributed by atoms with Crippen LogP contribution in [0.2, 0.25) is 0 Å². The second kappa shape index (κ2) is 10.3. The maximum Gasteiger partial charge on any atom is 0.253 e. The van der Waals surface area contributed by atoms with Gasteiger partial charge in [0.25, 0.3) is 5.91 Å². The van der Waals surface area contributed by atoms with Gasteiger partial charge in [-0.15, -0.1) is 0 Å². The van der Waals surface area contributed by atoms with Gasteiger partial charge in [0.2, 0.25) is 0 Å². The summed E-state index contributed by atoms with van der Waals surface area (Å²) in [6, 6.07) is 16.6. The number of piperidine rings is 1. The molecule has 0 saturated carbocycles. The van der Waals surface area contributed by atoms with Crippen LogP contribution < -0.4 is 4.74 Å². The maximum atomic E-state index is 13.3. The lowest BCUT2D eigenvalue weighted by Crippen LogP contribution is -2.38. The van der Waals surface area contributed by atoms with Crippen molar-refractivity contribution in [2.45, 2.75) is 24.7 Å². The standard InChI is InChI=1S/C28H31FN2O2S/c1-33-26-8-4-22(5-9-26)28(32)31-17-24(27(18-31)23-12-15-34-19-23)16-30-13-10-21(11-14-30)20-2-6-25(29)7-3-20/h2-9,12,15,19,21,24,27H,10-11,13-14,16-18H2,1H3. The number of likely N-dealkylation sites (tertiary alicyclic amines) is 2. The van der Waals surface area contributed by atoms with Crippen molar-refractivity contribution in [3.05, 3.63) is 87.9 Å². The van der Waals surface area contributed by atoms with Crippen molar-refractivity contribution in [2.24, 2.45) is 5.92 Å². The van der Waals surface area contributed by atoms with Gasteiger partial charge >= 0.3 is 0 Å². The molecule has 0 radical (unpaired) electrons. The fraction of sp³-hybridized carbons (Fsp3) is 0.393. The van der Waals surface area contributed by atoms with Crippen molar-refractivity contribution < 1.29 is 13.9 Å². The average Bonchev–Trinajstić information content (AvgIpc) is 3.55. The highest BCUT2D eigenvalue weighted by atomic mass is 32.1. The number of hydrogen-bond donors (Lipinski definition) is 0. The average molecular weight is 479 g/mol. The molecule has 0 N–H and O–H groups in total. The third-order valence-corrected chi connectivity index (χ3v) is 8.16. The Labute approximate surface area is 205 Å². The van der Waals surface area contributed by atoms with Crippen LogP contribution in [0.25, 0.3) is 0 Å². The molecule has 3 aromatic rings. The molecule has 3 heterocycles. The molecule has 2 aliphatic rings. The third kappa shape index (κ3) is 5.03. The van der Waals surface area contributed by atoms with Crippen LogP contribution >= 0.6 is 11.3 Å². The topological polar surface area (TPSA) is 32.8 Å². The lowest BCUT2D eigenvalue weighted by Gasteiger charge is -2.34. The quantitative estimate of drug-likeness (QED) is 0.460. The van der Waals surface area contributed by atoms with E-state index < -0.39 is 0 Å². The molecular weight excluding hydrogens is 447 g/mol. The Morgan fingerprint density at radius 2 is 1.74 bits per heavy atom. The number of rotatable bonds is 6. The Morgan fingerprint density at radius 1 is 1.00 bits per heavy atom. The van der Waals surface area contributed by atoms with Gasteiger partial charge in [-0.25, -0.2) is 4.39 Å². The summed E-state index contributed by atoms with van der Waals surface area (Å²) in [7, 11) is 1.63. The minimum atomic E-state index is -0.171. The number of thiophene rings is 1. The van der Waals surface area contributed by atoms with Gasteiger partial charge in [0.05, 0.1) is 7.11 Å². The molecule has 34 heavy (non-hydrogen) atoms. The van der Waals surface area contributed by atoms with Crippen LogP contribution in [0.4, 0.5) is 4.39 Å². The lowest BCUT2D eigenvalue weighted by molar-refractivity contribution is 0.0781. The Balaban J connectivity index is 1.24. The normalized spacial score (nSPS) is 21.6. The van der Waals surface area contributed by atoms with Gasteiger partial charge in [-0.1, -0.05) is 12.1 Å². The van der Waals surface area contributed by atoms with E-state index in [1.54, 1.807) is 30.6 Å². The second-order valence-corrected chi connectivity index (χ2v) is 10.3. The molecule has 1 aromatic heterocycles. The van der Waals surface area contributed by atoms with Gasteiger partial charge in [0, 0.05) is 31.1 Å². The number of benzene rings is 2. The summed E-state index contributed by atoms with van der Waals surface area (Å²) in [4.78, 5) is 17.9. The fourth-order valence-electron chi connectivity index (χ4n) is 5.52. The van der Waals surface area contributed by atoms with Gasteiger partial charge in [-0.3, -0.25) is 4.79 Å². The van der Waals surface area contributed by atoms with Crippen LogP contribution in [0.5, 0.6) is 5.75 Å². The number of nitrogens with zero attached hydrogens (tertiary/aromatic N) is 2. The molecular formula is C28H31FN2O2S. The number of halogens is 1. The zero-order valence-corrected chi connectivity index (χ0v) is 20.3. The van der Waals surface area contributed by atoms with Gasteiger partial charge in [-0.05, 0) is 102 Å². The van der Waals surface area contributed by atoms with E-state index in [1.807, 2.05) is 41.3 Å². The third-order valence-electron chi connectivity index (χ3n) is 7.46. The van der Waals surface area contributed by atoms with E-state index in [0.29, 0.717) is 23.3 Å². The van der Waals surface area contributed by atoms with Crippen LogP contribution in [-0.4, -0.2) is 55.5 Å². The molecule has 6 heteroatoms. The first-order chi connectivity index (χ1) is 16.6. The second-order valence-electron chi connectivity index (χ2n) is 9.49. The smallest absolute Gasteiger partial charge is 0.253 e. The van der Waals surface area contributed by atoms with E-state index in [9.17, 15) is 9.18 Å². The molecule has 2 aromatic carbocycles. The summed E-state index contributed by atoms with van der Waals surface area (Å²) in [6.45, 7) is 4.63. The van der Waals surface area contributed by atoms with Crippen LogP contribution in [0.15, 0.2) is 65.4 Å².